The van der Waals surface area contributed by atoms with Gasteiger partial charge in [0.1, 0.15) is 21.1 Å². The Hall–Kier alpha value is -1.97. The highest BCUT2D eigenvalue weighted by atomic mass is 32.2. The molecule has 0 aromatic carbocycles. The molecule has 2 aliphatic carbocycles. The molecular weight excluding hydrogens is 486 g/mol. The molecule has 3 aromatic heterocycles. The highest BCUT2D eigenvalue weighted by Crippen LogP contribution is 2.42. The van der Waals surface area contributed by atoms with Crippen LogP contribution in [0.3, 0.4) is 0 Å². The van der Waals surface area contributed by atoms with E-state index in [1.807, 2.05) is 0 Å². The second kappa shape index (κ2) is 9.95. The van der Waals surface area contributed by atoms with E-state index in [0.717, 1.165) is 52.9 Å². The number of esters is 1. The zero-order valence-corrected chi connectivity index (χ0v) is 22.2. The molecule has 2 aliphatic rings. The first kappa shape index (κ1) is 23.8. The van der Waals surface area contributed by atoms with Crippen LogP contribution in [0.1, 0.15) is 64.2 Å². The van der Waals surface area contributed by atoms with E-state index in [1.54, 1.807) is 24.6 Å². The number of nitrogens with zero attached hydrogens (tertiary/aromatic N) is 2. The van der Waals surface area contributed by atoms with Gasteiger partial charge in [0.15, 0.2) is 0 Å². The van der Waals surface area contributed by atoms with Gasteiger partial charge >= 0.3 is 5.97 Å². The van der Waals surface area contributed by atoms with Crippen molar-refractivity contribution in [3.63, 3.8) is 0 Å². The van der Waals surface area contributed by atoms with Gasteiger partial charge in [0.05, 0.1) is 18.0 Å². The van der Waals surface area contributed by atoms with E-state index in [9.17, 15) is 9.59 Å². The summed E-state index contributed by atoms with van der Waals surface area (Å²) in [7, 11) is 0. The topological polar surface area (TPSA) is 81.2 Å². The molecule has 1 N–H and O–H groups in total. The minimum absolute atomic E-state index is 0.126. The number of anilines is 1. The first-order valence-electron chi connectivity index (χ1n) is 11.9. The average molecular weight is 516 g/mol. The molecule has 0 saturated carbocycles. The molecule has 5 rings (SSSR count). The summed E-state index contributed by atoms with van der Waals surface area (Å²) in [4.78, 5) is 38.9. The van der Waals surface area contributed by atoms with Crippen LogP contribution in [0.5, 0.6) is 0 Å². The first-order valence-corrected chi connectivity index (χ1v) is 14.6. The highest BCUT2D eigenvalue weighted by Gasteiger charge is 2.29. The number of amides is 1. The molecule has 9 heteroatoms. The zero-order valence-electron chi connectivity index (χ0n) is 19.7. The van der Waals surface area contributed by atoms with Crippen molar-refractivity contribution < 1.29 is 14.3 Å². The summed E-state index contributed by atoms with van der Waals surface area (Å²) in [6.07, 6.45) is 7.80. The lowest BCUT2D eigenvalue weighted by molar-refractivity contribution is -0.113. The van der Waals surface area contributed by atoms with Crippen molar-refractivity contribution in [3.8, 4) is 0 Å². The van der Waals surface area contributed by atoms with Crippen molar-refractivity contribution >= 4 is 62.2 Å². The fourth-order valence-electron chi connectivity index (χ4n) is 4.89. The largest absolute Gasteiger partial charge is 0.462 e. The van der Waals surface area contributed by atoms with Crippen molar-refractivity contribution in [3.05, 3.63) is 32.1 Å². The SMILES string of the molecule is CCOC(=O)c1sc2c(c1NC(=O)CSc1ncnc3sc4c(c13)CC[C@H](C)C4)CC[C@H](C)C2. The van der Waals surface area contributed by atoms with Crippen molar-refractivity contribution in [1.82, 2.24) is 9.97 Å². The van der Waals surface area contributed by atoms with Crippen LogP contribution in [0.15, 0.2) is 11.4 Å². The number of thioether (sulfide) groups is 1. The van der Waals surface area contributed by atoms with E-state index in [-0.39, 0.29) is 17.6 Å². The van der Waals surface area contributed by atoms with Gasteiger partial charge < -0.3 is 10.1 Å². The lowest BCUT2D eigenvalue weighted by Gasteiger charge is -2.19. The summed E-state index contributed by atoms with van der Waals surface area (Å²) in [5, 5.41) is 5.06. The molecule has 2 atom stereocenters. The summed E-state index contributed by atoms with van der Waals surface area (Å²) in [6, 6.07) is 0. The van der Waals surface area contributed by atoms with Crippen molar-refractivity contribution in [2.45, 2.75) is 64.3 Å². The number of thiophene rings is 2. The number of fused-ring (bicyclic) bond motifs is 4. The fraction of sp³-hybridized carbons (Fsp3) is 0.520. The van der Waals surface area contributed by atoms with E-state index in [1.165, 1.54) is 44.8 Å². The van der Waals surface area contributed by atoms with Gasteiger partial charge in [-0.2, -0.15) is 0 Å². The molecule has 0 radical (unpaired) electrons. The van der Waals surface area contributed by atoms with Crippen molar-refractivity contribution in [2.24, 2.45) is 11.8 Å². The monoisotopic (exact) mass is 515 g/mol. The Labute approximate surface area is 211 Å². The molecule has 3 heterocycles. The number of aryl methyl sites for hydroxylation is 1. The number of nitrogens with one attached hydrogen (secondary N) is 1. The van der Waals surface area contributed by atoms with Crippen LogP contribution in [0.25, 0.3) is 10.2 Å². The van der Waals surface area contributed by atoms with Crippen LogP contribution in [0.2, 0.25) is 0 Å². The van der Waals surface area contributed by atoms with Gasteiger partial charge in [-0.1, -0.05) is 25.6 Å². The quantitative estimate of drug-likeness (QED) is 0.250. The van der Waals surface area contributed by atoms with E-state index in [0.29, 0.717) is 29.0 Å². The predicted octanol–water partition coefficient (Wildman–Crippen LogP) is 5.91. The zero-order chi connectivity index (χ0) is 23.8. The summed E-state index contributed by atoms with van der Waals surface area (Å²) >= 11 is 4.69. The van der Waals surface area contributed by atoms with E-state index >= 15 is 0 Å². The van der Waals surface area contributed by atoms with Crippen LogP contribution in [0, 0.1) is 11.8 Å². The second-order valence-corrected chi connectivity index (χ2v) is 12.5. The summed E-state index contributed by atoms with van der Waals surface area (Å²) in [5.74, 6) is 1.04. The minimum Gasteiger partial charge on any atom is -0.462 e. The molecule has 1 amide bonds. The number of hydrogen-bond donors (Lipinski definition) is 1. The Kier molecular flexibility index (Phi) is 6.95. The second-order valence-electron chi connectivity index (χ2n) is 9.32. The highest BCUT2D eigenvalue weighted by molar-refractivity contribution is 8.00. The number of carbonyl (C=O) groups excluding carboxylic acids is 2. The van der Waals surface area contributed by atoms with Gasteiger partial charge in [-0.3, -0.25) is 4.79 Å². The predicted molar refractivity (Wildman–Crippen MR) is 139 cm³/mol. The number of carbonyl (C=O) groups is 2. The molecule has 3 aromatic rings. The molecule has 180 valence electrons. The summed E-state index contributed by atoms with van der Waals surface area (Å²) in [6.45, 7) is 6.64. The third-order valence-corrected chi connectivity index (χ3v) is 10.0. The van der Waals surface area contributed by atoms with Gasteiger partial charge in [-0.25, -0.2) is 14.8 Å². The maximum Gasteiger partial charge on any atom is 0.350 e. The van der Waals surface area contributed by atoms with Gasteiger partial charge in [0.2, 0.25) is 5.91 Å². The third kappa shape index (κ3) is 4.62. The molecule has 0 unspecified atom stereocenters. The maximum atomic E-state index is 13.1. The Balaban J connectivity index is 1.36. The van der Waals surface area contributed by atoms with Crippen LogP contribution < -0.4 is 5.32 Å². The van der Waals surface area contributed by atoms with Gasteiger partial charge in [0, 0.05) is 15.1 Å². The number of aromatic nitrogens is 2. The van der Waals surface area contributed by atoms with Crippen LogP contribution in [-0.2, 0) is 35.2 Å². The molecule has 0 fully saturated rings. The maximum absolute atomic E-state index is 13.1. The van der Waals surface area contributed by atoms with Crippen molar-refractivity contribution in [1.29, 1.82) is 0 Å². The first-order chi connectivity index (χ1) is 16.4. The normalized spacial score (nSPS) is 19.5. The van der Waals surface area contributed by atoms with E-state index in [2.05, 4.69) is 29.1 Å². The molecular formula is C25H29N3O3S3. The molecule has 0 saturated heterocycles. The van der Waals surface area contributed by atoms with Gasteiger partial charge in [0.25, 0.3) is 0 Å². The molecule has 6 nitrogen and oxygen atoms in total. The lowest BCUT2D eigenvalue weighted by atomic mass is 9.89. The minimum atomic E-state index is -0.353. The molecule has 0 spiro atoms. The Morgan fingerprint density at radius 2 is 1.79 bits per heavy atom. The molecule has 0 aliphatic heterocycles. The molecule has 0 bridgehead atoms. The fourth-order valence-corrected chi connectivity index (χ4v) is 8.49. The Morgan fingerprint density at radius 1 is 1.09 bits per heavy atom. The third-order valence-electron chi connectivity index (χ3n) is 6.63. The van der Waals surface area contributed by atoms with Gasteiger partial charge in [-0.05, 0) is 68.4 Å². The molecule has 34 heavy (non-hydrogen) atoms. The van der Waals surface area contributed by atoms with E-state index in [4.69, 9.17) is 4.74 Å². The van der Waals surface area contributed by atoms with E-state index < -0.39 is 0 Å². The number of rotatable bonds is 6. The Morgan fingerprint density at radius 3 is 2.53 bits per heavy atom. The lowest BCUT2D eigenvalue weighted by Crippen LogP contribution is -2.18. The number of ether oxygens (including phenoxy) is 1. The summed E-state index contributed by atoms with van der Waals surface area (Å²) in [5.41, 5.74) is 3.13. The van der Waals surface area contributed by atoms with Crippen LogP contribution in [0.4, 0.5) is 5.69 Å². The standard InChI is InChI=1S/C25H29N3O3S3/c1-4-31-25(30)22-21(16-8-6-14(3)10-18(16)33-22)28-19(29)11-32-23-20-15-7-5-13(2)9-17(15)34-24(20)27-12-26-23/h12-14H,4-11H2,1-3H3,(H,28,29)/t13-,14-/m0/s1. The Bertz CT molecular complexity index is 1250. The average Bonchev–Trinajstić information content (AvgIpc) is 3.35. The van der Waals surface area contributed by atoms with Crippen LogP contribution in [-0.4, -0.2) is 34.2 Å². The number of hydrogen-bond acceptors (Lipinski definition) is 8. The van der Waals surface area contributed by atoms with Crippen LogP contribution >= 0.6 is 34.4 Å². The van der Waals surface area contributed by atoms with Gasteiger partial charge in [-0.15, -0.1) is 22.7 Å². The van der Waals surface area contributed by atoms with Crippen molar-refractivity contribution in [2.75, 3.05) is 17.7 Å². The summed E-state index contributed by atoms with van der Waals surface area (Å²) < 4.78 is 5.28. The smallest absolute Gasteiger partial charge is 0.350 e.